The van der Waals surface area contributed by atoms with Crippen LogP contribution < -0.4 is 4.90 Å². The summed E-state index contributed by atoms with van der Waals surface area (Å²) in [5.41, 5.74) is 9.46. The van der Waals surface area contributed by atoms with E-state index < -0.39 is 0 Å². The summed E-state index contributed by atoms with van der Waals surface area (Å²) in [6, 6.07) is 34.5. The van der Waals surface area contributed by atoms with Crippen molar-refractivity contribution in [3.63, 3.8) is 0 Å². The van der Waals surface area contributed by atoms with Crippen LogP contribution in [0.1, 0.15) is 48.5 Å². The molecule has 0 saturated carbocycles. The number of hydrogen-bond acceptors (Lipinski definition) is 2. The summed E-state index contributed by atoms with van der Waals surface area (Å²) in [6.07, 6.45) is 2.73. The normalized spacial score (nSPS) is 22.0. The van der Waals surface area contributed by atoms with E-state index >= 15 is 0 Å². The van der Waals surface area contributed by atoms with Gasteiger partial charge in [0.25, 0.3) is 0 Å². The van der Waals surface area contributed by atoms with Gasteiger partial charge in [0.15, 0.2) is 0 Å². The number of aryl methyl sites for hydroxylation is 1. The maximum absolute atomic E-state index is 2.70. The van der Waals surface area contributed by atoms with Gasteiger partial charge in [0.1, 0.15) is 0 Å². The largest absolute Gasteiger partial charge is 0.349 e. The van der Waals surface area contributed by atoms with Crippen LogP contribution in [0.15, 0.2) is 91.0 Å². The van der Waals surface area contributed by atoms with Crippen LogP contribution in [0.5, 0.6) is 0 Å². The molecule has 1 aromatic heterocycles. The van der Waals surface area contributed by atoms with Gasteiger partial charge in [-0.3, -0.25) is 4.90 Å². The SMILES string of the molecule is Cc1cc2c(cc1N1C3CCC(c4ccccc43)N(C)[C@@H]1C)c1ccccc1n2-c1ccccc1. The first kappa shape index (κ1) is 20.8. The Kier molecular flexibility index (Phi) is 4.59. The van der Waals surface area contributed by atoms with Crippen molar-refractivity contribution in [1.29, 1.82) is 0 Å². The molecule has 0 radical (unpaired) electrons. The molecule has 3 heterocycles. The summed E-state index contributed by atoms with van der Waals surface area (Å²) in [5, 5.41) is 2.64. The lowest BCUT2D eigenvalue weighted by Crippen LogP contribution is -2.43. The molecule has 3 aliphatic rings. The topological polar surface area (TPSA) is 11.4 Å². The van der Waals surface area contributed by atoms with Gasteiger partial charge in [0, 0.05) is 28.2 Å². The number of fused-ring (bicyclic) bond motifs is 6. The van der Waals surface area contributed by atoms with Crippen LogP contribution in [0, 0.1) is 6.92 Å². The molecular formula is C32H31N3. The summed E-state index contributed by atoms with van der Waals surface area (Å²) in [5.74, 6) is 0. The molecule has 35 heavy (non-hydrogen) atoms. The minimum atomic E-state index is 0.318. The first-order chi connectivity index (χ1) is 17.1. The lowest BCUT2D eigenvalue weighted by Gasteiger charge is -2.39. The number of nitrogens with zero attached hydrogens (tertiary/aromatic N) is 3. The summed E-state index contributed by atoms with van der Waals surface area (Å²) in [4.78, 5) is 5.29. The van der Waals surface area contributed by atoms with Crippen LogP contribution in [0.2, 0.25) is 0 Å². The van der Waals surface area contributed by atoms with Crippen molar-refractivity contribution in [1.82, 2.24) is 9.47 Å². The van der Waals surface area contributed by atoms with Gasteiger partial charge in [-0.15, -0.1) is 0 Å². The molecule has 3 atom stereocenters. The van der Waals surface area contributed by atoms with Crippen molar-refractivity contribution >= 4 is 27.5 Å². The van der Waals surface area contributed by atoms with Crippen LogP contribution in [-0.4, -0.2) is 22.7 Å². The standard InChI is InChI=1S/C32H31N3/c1-21-19-32-27(26-15-9-10-16-29(26)35(32)23-11-5-4-6-12-23)20-31(21)34-22(2)33(3)28-17-18-30(34)25-14-8-7-13-24(25)28/h4-16,19-20,22,28,30H,17-18H2,1-3H3/t22-,28?,30?/m0/s1. The second-order valence-corrected chi connectivity index (χ2v) is 10.3. The van der Waals surface area contributed by atoms with Crippen LogP contribution >= 0.6 is 0 Å². The highest BCUT2D eigenvalue weighted by Gasteiger charge is 2.41. The molecule has 1 aliphatic carbocycles. The third-order valence-corrected chi connectivity index (χ3v) is 8.53. The summed E-state index contributed by atoms with van der Waals surface area (Å²) >= 11 is 0. The summed E-state index contributed by atoms with van der Waals surface area (Å²) in [6.45, 7) is 4.67. The van der Waals surface area contributed by atoms with E-state index in [1.807, 2.05) is 0 Å². The molecule has 2 unspecified atom stereocenters. The van der Waals surface area contributed by atoms with Crippen molar-refractivity contribution in [3.05, 3.63) is 108 Å². The van der Waals surface area contributed by atoms with E-state index in [4.69, 9.17) is 0 Å². The first-order valence-electron chi connectivity index (χ1n) is 12.8. The lowest BCUT2D eigenvalue weighted by molar-refractivity contribution is 0.191. The molecule has 0 amide bonds. The highest BCUT2D eigenvalue weighted by atomic mass is 15.4. The quantitative estimate of drug-likeness (QED) is 0.268. The maximum atomic E-state index is 2.70. The van der Waals surface area contributed by atoms with E-state index in [0.29, 0.717) is 18.2 Å². The second-order valence-electron chi connectivity index (χ2n) is 10.3. The third kappa shape index (κ3) is 2.94. The highest BCUT2D eigenvalue weighted by Crippen LogP contribution is 2.50. The molecular weight excluding hydrogens is 426 g/mol. The Morgan fingerprint density at radius 2 is 1.34 bits per heavy atom. The van der Waals surface area contributed by atoms with Gasteiger partial charge in [0.05, 0.1) is 23.2 Å². The second kappa shape index (κ2) is 7.73. The van der Waals surface area contributed by atoms with E-state index in [9.17, 15) is 0 Å². The number of para-hydroxylation sites is 2. The zero-order valence-electron chi connectivity index (χ0n) is 20.6. The molecule has 3 heteroatoms. The van der Waals surface area contributed by atoms with Gasteiger partial charge in [-0.05, 0) is 80.8 Å². The smallest absolute Gasteiger partial charge is 0.0801 e. The van der Waals surface area contributed by atoms with Gasteiger partial charge in [-0.25, -0.2) is 0 Å². The number of anilines is 1. The van der Waals surface area contributed by atoms with Gasteiger partial charge >= 0.3 is 0 Å². The Labute approximate surface area is 207 Å². The molecule has 2 bridgehead atoms. The molecule has 1 saturated heterocycles. The van der Waals surface area contributed by atoms with Crippen molar-refractivity contribution in [2.75, 3.05) is 11.9 Å². The Morgan fingerprint density at radius 3 is 2.14 bits per heavy atom. The molecule has 4 aromatic carbocycles. The molecule has 8 rings (SSSR count). The Hall–Kier alpha value is -3.56. The average Bonchev–Trinajstić information content (AvgIpc) is 3.11. The van der Waals surface area contributed by atoms with E-state index in [2.05, 4.69) is 126 Å². The zero-order valence-corrected chi connectivity index (χ0v) is 20.6. The molecule has 2 aliphatic heterocycles. The maximum Gasteiger partial charge on any atom is 0.0801 e. The Bertz CT molecular complexity index is 1560. The number of hydrogen-bond donors (Lipinski definition) is 0. The summed E-state index contributed by atoms with van der Waals surface area (Å²) in [7, 11) is 2.31. The van der Waals surface area contributed by atoms with Crippen molar-refractivity contribution in [3.8, 4) is 5.69 Å². The van der Waals surface area contributed by atoms with Gasteiger partial charge in [-0.1, -0.05) is 60.7 Å². The zero-order chi connectivity index (χ0) is 23.7. The molecule has 0 N–H and O–H groups in total. The van der Waals surface area contributed by atoms with Crippen LogP contribution in [0.4, 0.5) is 5.69 Å². The van der Waals surface area contributed by atoms with Crippen molar-refractivity contribution in [2.24, 2.45) is 0 Å². The van der Waals surface area contributed by atoms with Crippen LogP contribution in [0.25, 0.3) is 27.5 Å². The number of rotatable bonds is 2. The minimum absolute atomic E-state index is 0.318. The van der Waals surface area contributed by atoms with Gasteiger partial charge < -0.3 is 9.47 Å². The number of aromatic nitrogens is 1. The first-order valence-corrected chi connectivity index (χ1v) is 12.8. The fourth-order valence-electron chi connectivity index (χ4n) is 6.78. The molecule has 0 spiro atoms. The molecule has 3 nitrogen and oxygen atoms in total. The van der Waals surface area contributed by atoms with E-state index in [-0.39, 0.29) is 0 Å². The van der Waals surface area contributed by atoms with E-state index in [1.165, 1.54) is 62.7 Å². The molecule has 5 aromatic rings. The predicted molar refractivity (Wildman–Crippen MR) is 146 cm³/mol. The van der Waals surface area contributed by atoms with Crippen molar-refractivity contribution in [2.45, 2.75) is 44.9 Å². The summed E-state index contributed by atoms with van der Waals surface area (Å²) < 4.78 is 2.42. The Morgan fingerprint density at radius 1 is 0.686 bits per heavy atom. The Balaban J connectivity index is 1.49. The van der Waals surface area contributed by atoms with E-state index in [1.54, 1.807) is 0 Å². The number of benzene rings is 4. The van der Waals surface area contributed by atoms with Crippen LogP contribution in [-0.2, 0) is 0 Å². The average molecular weight is 458 g/mol. The fourth-order valence-corrected chi connectivity index (χ4v) is 6.78. The van der Waals surface area contributed by atoms with Crippen LogP contribution in [0.3, 0.4) is 0 Å². The van der Waals surface area contributed by atoms with E-state index in [0.717, 1.165) is 0 Å². The lowest BCUT2D eigenvalue weighted by atomic mass is 9.84. The van der Waals surface area contributed by atoms with Gasteiger partial charge in [-0.2, -0.15) is 0 Å². The third-order valence-electron chi connectivity index (χ3n) is 8.53. The monoisotopic (exact) mass is 457 g/mol. The van der Waals surface area contributed by atoms with Crippen molar-refractivity contribution < 1.29 is 0 Å². The minimum Gasteiger partial charge on any atom is -0.349 e. The fraction of sp³-hybridized carbons (Fsp3) is 0.250. The molecule has 1 fully saturated rings. The highest BCUT2D eigenvalue weighted by molar-refractivity contribution is 6.10. The molecule has 174 valence electrons. The predicted octanol–water partition coefficient (Wildman–Crippen LogP) is 7.77. The van der Waals surface area contributed by atoms with Gasteiger partial charge in [0.2, 0.25) is 0 Å².